The van der Waals surface area contributed by atoms with E-state index in [4.69, 9.17) is 13.6 Å². The Hall–Kier alpha value is -1.51. The van der Waals surface area contributed by atoms with Crippen molar-refractivity contribution in [3.8, 4) is 11.5 Å². The van der Waals surface area contributed by atoms with E-state index in [2.05, 4.69) is 34.6 Å². The van der Waals surface area contributed by atoms with E-state index in [1.165, 1.54) is 51.9 Å². The zero-order chi connectivity index (χ0) is 28.0. The van der Waals surface area contributed by atoms with E-state index in [-0.39, 0.29) is 11.2 Å². The van der Waals surface area contributed by atoms with E-state index >= 15 is 0 Å². The van der Waals surface area contributed by atoms with Gasteiger partial charge in [0.1, 0.15) is 17.1 Å². The second-order valence-electron chi connectivity index (χ2n) is 11.8. The lowest BCUT2D eigenvalue weighted by molar-refractivity contribution is -0.132. The summed E-state index contributed by atoms with van der Waals surface area (Å²) in [5, 5.41) is 0. The lowest BCUT2D eigenvalue weighted by Gasteiger charge is -2.38. The maximum atomic E-state index is 11.7. The maximum absolute atomic E-state index is 11.7. The quantitative estimate of drug-likeness (QED) is 0.211. The molecule has 0 aromatic heterocycles. The van der Waals surface area contributed by atoms with Gasteiger partial charge in [-0.05, 0) is 87.8 Å². The summed E-state index contributed by atoms with van der Waals surface area (Å²) in [5.74, 6) is 2.73. The Morgan fingerprint density at radius 3 is 2.12 bits per heavy atom. The van der Waals surface area contributed by atoms with E-state index in [0.29, 0.717) is 23.0 Å². The first-order valence-electron chi connectivity index (χ1n) is 15.2. The van der Waals surface area contributed by atoms with Gasteiger partial charge in [0, 0.05) is 16.6 Å². The molecule has 0 N–H and O–H groups in total. The molecule has 3 nitrogen and oxygen atoms in total. The minimum atomic E-state index is -2.35. The molecular formula is C31H52O3. The van der Waals surface area contributed by atoms with Crippen LogP contribution in [-0.2, 0) is 11.2 Å². The standard InChI is InChI=1S/C31H52O3/c1-21(2)13-10-14-22(3)15-11-16-23(4)17-12-19-31(9)20-18-28-26(7)29(33-27(8)32)24(5)25(6)30(28)34-31/h21-23H,10-20H2,1-9H3/t22-,23-,31-/m0/s1/i6D3. The van der Waals surface area contributed by atoms with Crippen molar-refractivity contribution in [3.63, 3.8) is 0 Å². The predicted octanol–water partition coefficient (Wildman–Crippen LogP) is 9.06. The van der Waals surface area contributed by atoms with Crippen molar-refractivity contribution >= 4 is 5.97 Å². The van der Waals surface area contributed by atoms with Crippen LogP contribution in [0.3, 0.4) is 0 Å². The average molecular weight is 476 g/mol. The molecule has 0 radical (unpaired) electrons. The lowest BCUT2D eigenvalue weighted by Crippen LogP contribution is -2.37. The highest BCUT2D eigenvalue weighted by atomic mass is 16.5. The van der Waals surface area contributed by atoms with E-state index in [1.54, 1.807) is 6.92 Å². The Labute approximate surface area is 214 Å². The van der Waals surface area contributed by atoms with Crippen molar-refractivity contribution in [1.29, 1.82) is 0 Å². The number of ether oxygens (including phenoxy) is 2. The summed E-state index contributed by atoms with van der Waals surface area (Å²) in [6, 6.07) is 0. The van der Waals surface area contributed by atoms with Crippen LogP contribution in [0.25, 0.3) is 0 Å². The van der Waals surface area contributed by atoms with E-state index in [1.807, 2.05) is 6.92 Å². The number of carbonyl (C=O) groups is 1. The first-order valence-corrected chi connectivity index (χ1v) is 13.7. The molecule has 0 fully saturated rings. The molecule has 0 amide bonds. The van der Waals surface area contributed by atoms with Crippen molar-refractivity contribution in [3.05, 3.63) is 22.3 Å². The Morgan fingerprint density at radius 2 is 1.56 bits per heavy atom. The fraction of sp³-hybridized carbons (Fsp3) is 0.774. The first kappa shape index (κ1) is 24.2. The molecule has 194 valence electrons. The molecule has 3 heteroatoms. The summed E-state index contributed by atoms with van der Waals surface area (Å²) < 4.78 is 36.6. The molecule has 0 spiro atoms. The van der Waals surface area contributed by atoms with Crippen LogP contribution in [-0.4, -0.2) is 11.6 Å². The van der Waals surface area contributed by atoms with Crippen LogP contribution in [0.5, 0.6) is 11.5 Å². The van der Waals surface area contributed by atoms with Crippen molar-refractivity contribution < 1.29 is 18.4 Å². The van der Waals surface area contributed by atoms with Gasteiger partial charge in [0.2, 0.25) is 0 Å². The zero-order valence-electron chi connectivity index (χ0n) is 26.2. The van der Waals surface area contributed by atoms with Gasteiger partial charge in [-0.25, -0.2) is 0 Å². The van der Waals surface area contributed by atoms with Gasteiger partial charge in [-0.15, -0.1) is 0 Å². The molecule has 0 unspecified atom stereocenters. The zero-order valence-corrected chi connectivity index (χ0v) is 23.2. The lowest BCUT2D eigenvalue weighted by atomic mass is 9.83. The first-order chi connectivity index (χ1) is 17.1. The molecule has 1 aromatic carbocycles. The average Bonchev–Trinajstić information content (AvgIpc) is 2.75. The molecule has 1 heterocycles. The van der Waals surface area contributed by atoms with Crippen LogP contribution in [0.1, 0.15) is 132 Å². The number of rotatable bonds is 13. The molecule has 0 aliphatic carbocycles. The number of benzene rings is 1. The SMILES string of the molecule is [2H]C([2H])([2H])c1c(C)c(OC(C)=O)c(C)c2c1O[C@@](C)(CCC[C@@H](C)CCC[C@@H](C)CCCC(C)C)CC2. The van der Waals surface area contributed by atoms with Gasteiger partial charge >= 0.3 is 5.97 Å². The van der Waals surface area contributed by atoms with Gasteiger partial charge in [-0.2, -0.15) is 0 Å². The molecule has 2 rings (SSSR count). The minimum absolute atomic E-state index is 0.186. The number of hydrogen-bond acceptors (Lipinski definition) is 3. The second-order valence-corrected chi connectivity index (χ2v) is 11.8. The highest BCUT2D eigenvalue weighted by molar-refractivity contribution is 5.72. The second kappa shape index (κ2) is 13.0. The van der Waals surface area contributed by atoms with Crippen LogP contribution in [0, 0.1) is 38.5 Å². The van der Waals surface area contributed by atoms with E-state index in [9.17, 15) is 4.79 Å². The van der Waals surface area contributed by atoms with Gasteiger partial charge in [0.25, 0.3) is 0 Å². The highest BCUT2D eigenvalue weighted by Crippen LogP contribution is 2.45. The summed E-state index contributed by atoms with van der Waals surface area (Å²) in [6.45, 7) is 14.1. The Balaban J connectivity index is 1.97. The van der Waals surface area contributed by atoms with E-state index in [0.717, 1.165) is 48.6 Å². The number of fused-ring (bicyclic) bond motifs is 1. The molecule has 34 heavy (non-hydrogen) atoms. The minimum Gasteiger partial charge on any atom is -0.487 e. The van der Waals surface area contributed by atoms with E-state index < -0.39 is 12.8 Å². The third-order valence-corrected chi connectivity index (χ3v) is 7.78. The number of hydrogen-bond donors (Lipinski definition) is 0. The summed E-state index contributed by atoms with van der Waals surface area (Å²) in [5.41, 5.74) is 1.94. The van der Waals surface area contributed by atoms with Crippen molar-refractivity contribution in [2.75, 3.05) is 0 Å². The normalized spacial score (nSPS) is 21.1. The molecule has 1 aliphatic heterocycles. The smallest absolute Gasteiger partial charge is 0.308 e. The molecule has 0 bridgehead atoms. The third kappa shape index (κ3) is 8.31. The Morgan fingerprint density at radius 1 is 0.971 bits per heavy atom. The van der Waals surface area contributed by atoms with Gasteiger partial charge in [-0.3, -0.25) is 4.79 Å². The summed E-state index contributed by atoms with van der Waals surface area (Å²) in [6.07, 6.45) is 12.6. The number of esters is 1. The molecule has 3 atom stereocenters. The summed E-state index contributed by atoms with van der Waals surface area (Å²) in [4.78, 5) is 11.7. The van der Waals surface area contributed by atoms with Gasteiger partial charge in [0.15, 0.2) is 0 Å². The van der Waals surface area contributed by atoms with Crippen molar-refractivity contribution in [2.45, 2.75) is 138 Å². The molecule has 0 saturated carbocycles. The monoisotopic (exact) mass is 475 g/mol. The molecule has 1 aromatic rings. The molecule has 1 aliphatic rings. The third-order valence-electron chi connectivity index (χ3n) is 7.78. The Bertz CT molecular complexity index is 906. The van der Waals surface area contributed by atoms with Crippen LogP contribution in [0.2, 0.25) is 0 Å². The fourth-order valence-electron chi connectivity index (χ4n) is 5.40. The summed E-state index contributed by atoms with van der Waals surface area (Å²) in [7, 11) is 0. The maximum Gasteiger partial charge on any atom is 0.308 e. The van der Waals surface area contributed by atoms with Crippen LogP contribution >= 0.6 is 0 Å². The fourth-order valence-corrected chi connectivity index (χ4v) is 5.40. The largest absolute Gasteiger partial charge is 0.487 e. The molecule has 0 saturated heterocycles. The summed E-state index contributed by atoms with van der Waals surface area (Å²) >= 11 is 0. The highest BCUT2D eigenvalue weighted by Gasteiger charge is 2.34. The van der Waals surface area contributed by atoms with Crippen LogP contribution < -0.4 is 9.47 Å². The van der Waals surface area contributed by atoms with Gasteiger partial charge < -0.3 is 9.47 Å². The number of carbonyl (C=O) groups excluding carboxylic acids is 1. The van der Waals surface area contributed by atoms with Crippen LogP contribution in [0.4, 0.5) is 0 Å². The predicted molar refractivity (Wildman–Crippen MR) is 144 cm³/mol. The van der Waals surface area contributed by atoms with Crippen molar-refractivity contribution in [1.82, 2.24) is 0 Å². The Kier molecular flexibility index (Phi) is 9.24. The van der Waals surface area contributed by atoms with Gasteiger partial charge in [-0.1, -0.05) is 72.6 Å². The topological polar surface area (TPSA) is 35.5 Å². The van der Waals surface area contributed by atoms with Gasteiger partial charge in [0.05, 0.1) is 0 Å². The van der Waals surface area contributed by atoms with Crippen molar-refractivity contribution in [2.24, 2.45) is 17.8 Å². The molecular weight excluding hydrogens is 420 g/mol. The van der Waals surface area contributed by atoms with Crippen LogP contribution in [0.15, 0.2) is 0 Å².